The van der Waals surface area contributed by atoms with Crippen molar-refractivity contribution in [3.05, 3.63) is 40.7 Å². The van der Waals surface area contributed by atoms with Gasteiger partial charge in [0, 0.05) is 24.7 Å². The highest BCUT2D eigenvalue weighted by Gasteiger charge is 2.17. The number of carboxylic acids is 1. The van der Waals surface area contributed by atoms with Crippen molar-refractivity contribution in [3.8, 4) is 0 Å². The molecule has 108 valence electrons. The number of carbonyl (C=O) groups is 2. The molecule has 0 aliphatic rings. The number of aliphatic hydroxyl groups is 1. The number of nitrogens with one attached hydrogen (secondary N) is 1. The fraction of sp³-hybridized carbons (Fsp3) is 0.231. The van der Waals surface area contributed by atoms with Crippen molar-refractivity contribution in [3.63, 3.8) is 0 Å². The Morgan fingerprint density at radius 2 is 2.15 bits per heavy atom. The van der Waals surface area contributed by atoms with Gasteiger partial charge in [0.05, 0.1) is 5.02 Å². The molecule has 1 aromatic rings. The average molecular weight is 302 g/mol. The molecule has 0 bridgehead atoms. The Kier molecular flexibility index (Phi) is 6.14. The van der Waals surface area contributed by atoms with Crippen LogP contribution in [0.3, 0.4) is 0 Å². The maximum atomic E-state index is 13.4. The van der Waals surface area contributed by atoms with E-state index in [-0.39, 0.29) is 23.6 Å². The van der Waals surface area contributed by atoms with Crippen molar-refractivity contribution in [2.45, 2.75) is 12.5 Å². The lowest BCUT2D eigenvalue weighted by Gasteiger charge is -2.11. The van der Waals surface area contributed by atoms with Crippen molar-refractivity contribution in [1.82, 2.24) is 5.32 Å². The van der Waals surface area contributed by atoms with Gasteiger partial charge in [0.15, 0.2) is 0 Å². The standard InChI is InChI=1S/C13H13ClFNO4/c14-9-2-1-3-10(15)8(9)4-5-12(18)16-11(6-7-17)13(19)20/h1-5,11,17H,6-7H2,(H,16,18)(H,19,20)/b5-4+/t11-/m1/s1. The molecular weight excluding hydrogens is 289 g/mol. The monoisotopic (exact) mass is 301 g/mol. The molecule has 5 nitrogen and oxygen atoms in total. The van der Waals surface area contributed by atoms with Gasteiger partial charge in [0.1, 0.15) is 11.9 Å². The molecule has 0 aliphatic carbocycles. The minimum Gasteiger partial charge on any atom is -0.480 e. The molecule has 0 radical (unpaired) electrons. The van der Waals surface area contributed by atoms with Gasteiger partial charge in [-0.25, -0.2) is 9.18 Å². The van der Waals surface area contributed by atoms with Gasteiger partial charge in [-0.1, -0.05) is 17.7 Å². The first-order valence-electron chi connectivity index (χ1n) is 5.72. The number of aliphatic hydroxyl groups excluding tert-OH is 1. The number of carboxylic acid groups (broad SMARTS) is 1. The van der Waals surface area contributed by atoms with Crippen LogP contribution in [-0.2, 0) is 9.59 Å². The lowest BCUT2D eigenvalue weighted by Crippen LogP contribution is -2.40. The van der Waals surface area contributed by atoms with E-state index in [2.05, 4.69) is 5.32 Å². The minimum atomic E-state index is -1.26. The summed E-state index contributed by atoms with van der Waals surface area (Å²) in [7, 11) is 0. The zero-order valence-electron chi connectivity index (χ0n) is 10.3. The summed E-state index contributed by atoms with van der Waals surface area (Å²) >= 11 is 5.77. The molecule has 0 aromatic heterocycles. The quantitative estimate of drug-likeness (QED) is 0.694. The van der Waals surface area contributed by atoms with Crippen LogP contribution in [0.5, 0.6) is 0 Å². The number of benzene rings is 1. The van der Waals surface area contributed by atoms with Crippen molar-refractivity contribution in [2.24, 2.45) is 0 Å². The van der Waals surface area contributed by atoms with Gasteiger partial charge < -0.3 is 15.5 Å². The number of rotatable bonds is 6. The molecule has 0 heterocycles. The van der Waals surface area contributed by atoms with Crippen LogP contribution in [0.4, 0.5) is 4.39 Å². The Balaban J connectivity index is 2.75. The second-order valence-electron chi connectivity index (χ2n) is 3.88. The van der Waals surface area contributed by atoms with E-state index in [9.17, 15) is 14.0 Å². The van der Waals surface area contributed by atoms with Gasteiger partial charge in [0.2, 0.25) is 5.91 Å². The summed E-state index contributed by atoms with van der Waals surface area (Å²) in [4.78, 5) is 22.3. The largest absolute Gasteiger partial charge is 0.480 e. The average Bonchev–Trinajstić information content (AvgIpc) is 2.37. The van der Waals surface area contributed by atoms with E-state index >= 15 is 0 Å². The van der Waals surface area contributed by atoms with Gasteiger partial charge in [0.25, 0.3) is 0 Å². The number of hydrogen-bond donors (Lipinski definition) is 3. The highest BCUT2D eigenvalue weighted by molar-refractivity contribution is 6.32. The summed E-state index contributed by atoms with van der Waals surface area (Å²) in [6.07, 6.45) is 2.03. The van der Waals surface area contributed by atoms with Crippen LogP contribution in [0.15, 0.2) is 24.3 Å². The zero-order chi connectivity index (χ0) is 15.1. The van der Waals surface area contributed by atoms with E-state index in [1.807, 2.05) is 0 Å². The summed E-state index contributed by atoms with van der Waals surface area (Å²) in [5.74, 6) is -2.57. The number of halogens is 2. The minimum absolute atomic E-state index is 0.0401. The fourth-order valence-corrected chi connectivity index (χ4v) is 1.66. The van der Waals surface area contributed by atoms with Crippen molar-refractivity contribution in [2.75, 3.05) is 6.61 Å². The molecule has 0 unspecified atom stereocenters. The van der Waals surface area contributed by atoms with Gasteiger partial charge in [-0.2, -0.15) is 0 Å². The smallest absolute Gasteiger partial charge is 0.326 e. The first-order chi connectivity index (χ1) is 9.45. The SMILES string of the molecule is O=C(/C=C/c1c(F)cccc1Cl)N[C@H](CCO)C(=O)O. The molecule has 1 rings (SSSR count). The predicted molar refractivity (Wildman–Crippen MR) is 71.7 cm³/mol. The molecule has 1 amide bonds. The third-order valence-electron chi connectivity index (χ3n) is 2.43. The molecule has 1 aromatic carbocycles. The summed E-state index contributed by atoms with van der Waals surface area (Å²) in [5.41, 5.74) is 0.0401. The Hall–Kier alpha value is -1.92. The van der Waals surface area contributed by atoms with Crippen LogP contribution in [0.1, 0.15) is 12.0 Å². The van der Waals surface area contributed by atoms with E-state index in [0.29, 0.717) is 0 Å². The van der Waals surface area contributed by atoms with Crippen molar-refractivity contribution >= 4 is 29.6 Å². The summed E-state index contributed by atoms with van der Waals surface area (Å²) in [6, 6.07) is 2.88. The van der Waals surface area contributed by atoms with Gasteiger partial charge in [-0.15, -0.1) is 0 Å². The molecule has 0 fully saturated rings. The molecule has 3 N–H and O–H groups in total. The number of carbonyl (C=O) groups excluding carboxylic acids is 1. The number of amides is 1. The van der Waals surface area contributed by atoms with Crippen LogP contribution in [0.2, 0.25) is 5.02 Å². The molecule has 1 atom stereocenters. The molecule has 0 aliphatic heterocycles. The lowest BCUT2D eigenvalue weighted by molar-refractivity contribution is -0.141. The van der Waals surface area contributed by atoms with Crippen LogP contribution in [0, 0.1) is 5.82 Å². The molecule has 0 saturated heterocycles. The highest BCUT2D eigenvalue weighted by Crippen LogP contribution is 2.20. The van der Waals surface area contributed by atoms with Crippen LogP contribution < -0.4 is 5.32 Å². The van der Waals surface area contributed by atoms with Crippen molar-refractivity contribution in [1.29, 1.82) is 0 Å². The number of aliphatic carboxylic acids is 1. The molecule has 0 spiro atoms. The lowest BCUT2D eigenvalue weighted by atomic mass is 10.2. The Morgan fingerprint density at radius 1 is 1.45 bits per heavy atom. The fourth-order valence-electron chi connectivity index (χ4n) is 1.44. The van der Waals surface area contributed by atoms with Crippen LogP contribution >= 0.6 is 11.6 Å². The predicted octanol–water partition coefficient (Wildman–Crippen LogP) is 1.44. The van der Waals surface area contributed by atoms with E-state index < -0.39 is 23.7 Å². The third kappa shape index (κ3) is 4.64. The normalized spacial score (nSPS) is 12.3. The van der Waals surface area contributed by atoms with Gasteiger partial charge >= 0.3 is 5.97 Å². The summed E-state index contributed by atoms with van der Waals surface area (Å²) in [6.45, 7) is -0.375. The molecule has 7 heteroatoms. The topological polar surface area (TPSA) is 86.6 Å². The van der Waals surface area contributed by atoms with Crippen molar-refractivity contribution < 1.29 is 24.2 Å². The summed E-state index contributed by atoms with van der Waals surface area (Å²) < 4.78 is 13.4. The maximum absolute atomic E-state index is 13.4. The Morgan fingerprint density at radius 3 is 2.70 bits per heavy atom. The zero-order valence-corrected chi connectivity index (χ0v) is 11.1. The third-order valence-corrected chi connectivity index (χ3v) is 2.76. The molecule has 20 heavy (non-hydrogen) atoms. The van der Waals surface area contributed by atoms with E-state index in [1.54, 1.807) is 0 Å². The molecule has 0 saturated carbocycles. The van der Waals surface area contributed by atoms with E-state index in [0.717, 1.165) is 12.2 Å². The summed E-state index contributed by atoms with van der Waals surface area (Å²) in [5, 5.41) is 19.8. The first kappa shape index (κ1) is 16.1. The number of hydrogen-bond acceptors (Lipinski definition) is 3. The second-order valence-corrected chi connectivity index (χ2v) is 4.29. The van der Waals surface area contributed by atoms with Crippen LogP contribution in [-0.4, -0.2) is 34.7 Å². The van der Waals surface area contributed by atoms with Crippen LogP contribution in [0.25, 0.3) is 6.08 Å². The van der Waals surface area contributed by atoms with E-state index in [4.69, 9.17) is 21.8 Å². The molecular formula is C13H13ClFNO4. The Bertz CT molecular complexity index is 513. The Labute approximate surface area is 119 Å². The maximum Gasteiger partial charge on any atom is 0.326 e. The van der Waals surface area contributed by atoms with Gasteiger partial charge in [-0.05, 0) is 18.2 Å². The van der Waals surface area contributed by atoms with E-state index in [1.165, 1.54) is 18.2 Å². The second kappa shape index (κ2) is 7.62. The highest BCUT2D eigenvalue weighted by atomic mass is 35.5. The first-order valence-corrected chi connectivity index (χ1v) is 6.09. The van der Waals surface area contributed by atoms with Gasteiger partial charge in [-0.3, -0.25) is 4.79 Å².